The van der Waals surface area contributed by atoms with Gasteiger partial charge in [0.1, 0.15) is 12.4 Å². The van der Waals surface area contributed by atoms with Crippen molar-refractivity contribution in [2.75, 3.05) is 6.61 Å². The fourth-order valence-corrected chi connectivity index (χ4v) is 2.22. The minimum absolute atomic E-state index is 0.0753. The summed E-state index contributed by atoms with van der Waals surface area (Å²) >= 11 is 0. The van der Waals surface area contributed by atoms with Gasteiger partial charge >= 0.3 is 0 Å². The van der Waals surface area contributed by atoms with Gasteiger partial charge in [-0.3, -0.25) is 4.79 Å². The summed E-state index contributed by atoms with van der Waals surface area (Å²) in [6, 6.07) is 8.01. The molecule has 0 unspecified atom stereocenters. The van der Waals surface area contributed by atoms with Crippen molar-refractivity contribution in [1.29, 1.82) is 0 Å². The standard InChI is InChI=1S/C16H22N2O2/c1-4-9-18-15-8-6-5-7-14(15)17-16(18)10-13(19)11-20-12(2)3/h5-8,12H,4,9-11H2,1-3H3. The smallest absolute Gasteiger partial charge is 0.165 e. The summed E-state index contributed by atoms with van der Waals surface area (Å²) in [4.78, 5) is 16.6. The van der Waals surface area contributed by atoms with Crippen molar-refractivity contribution in [2.24, 2.45) is 0 Å². The number of rotatable bonds is 7. The molecule has 1 heterocycles. The van der Waals surface area contributed by atoms with Crippen molar-refractivity contribution in [2.45, 2.75) is 46.3 Å². The number of fused-ring (bicyclic) bond motifs is 1. The van der Waals surface area contributed by atoms with Crippen LogP contribution in [0.15, 0.2) is 24.3 Å². The van der Waals surface area contributed by atoms with Gasteiger partial charge < -0.3 is 9.30 Å². The van der Waals surface area contributed by atoms with Gasteiger partial charge in [-0.25, -0.2) is 4.98 Å². The molecule has 0 aliphatic heterocycles. The Morgan fingerprint density at radius 2 is 2.10 bits per heavy atom. The van der Waals surface area contributed by atoms with E-state index in [9.17, 15) is 4.79 Å². The van der Waals surface area contributed by atoms with Crippen molar-refractivity contribution in [3.8, 4) is 0 Å². The zero-order valence-electron chi connectivity index (χ0n) is 12.4. The molecular weight excluding hydrogens is 252 g/mol. The average Bonchev–Trinajstić information content (AvgIpc) is 2.75. The number of hydrogen-bond acceptors (Lipinski definition) is 3. The van der Waals surface area contributed by atoms with Crippen molar-refractivity contribution < 1.29 is 9.53 Å². The van der Waals surface area contributed by atoms with Crippen LogP contribution in [0.5, 0.6) is 0 Å². The summed E-state index contributed by atoms with van der Waals surface area (Å²) in [6.07, 6.45) is 1.43. The molecule has 0 saturated carbocycles. The highest BCUT2D eigenvalue weighted by atomic mass is 16.5. The molecule has 2 rings (SSSR count). The summed E-state index contributed by atoms with van der Waals surface area (Å²) in [5.41, 5.74) is 2.05. The Balaban J connectivity index is 2.20. The molecule has 4 heteroatoms. The van der Waals surface area contributed by atoms with Crippen LogP contribution < -0.4 is 0 Å². The largest absolute Gasteiger partial charge is 0.371 e. The van der Waals surface area contributed by atoms with E-state index in [0.717, 1.165) is 29.8 Å². The van der Waals surface area contributed by atoms with E-state index < -0.39 is 0 Å². The number of imidazole rings is 1. The molecule has 0 saturated heterocycles. The topological polar surface area (TPSA) is 44.1 Å². The molecule has 0 radical (unpaired) electrons. The molecule has 0 fully saturated rings. The van der Waals surface area contributed by atoms with Crippen LogP contribution in [0.2, 0.25) is 0 Å². The Morgan fingerprint density at radius 1 is 1.35 bits per heavy atom. The number of ether oxygens (including phenoxy) is 1. The van der Waals surface area contributed by atoms with Crippen LogP contribution in [0.25, 0.3) is 11.0 Å². The van der Waals surface area contributed by atoms with Crippen LogP contribution in [0.3, 0.4) is 0 Å². The fourth-order valence-electron chi connectivity index (χ4n) is 2.22. The van der Waals surface area contributed by atoms with Crippen molar-refractivity contribution in [1.82, 2.24) is 9.55 Å². The predicted molar refractivity (Wildman–Crippen MR) is 79.8 cm³/mol. The number of hydrogen-bond donors (Lipinski definition) is 0. The molecule has 108 valence electrons. The number of carbonyl (C=O) groups excluding carboxylic acids is 1. The van der Waals surface area contributed by atoms with Gasteiger partial charge in [-0.05, 0) is 32.4 Å². The van der Waals surface area contributed by atoms with E-state index in [1.165, 1.54) is 0 Å². The molecule has 0 aliphatic carbocycles. The lowest BCUT2D eigenvalue weighted by molar-refractivity contribution is -0.124. The van der Waals surface area contributed by atoms with Crippen LogP contribution in [-0.2, 0) is 22.5 Å². The maximum atomic E-state index is 12.0. The van der Waals surface area contributed by atoms with E-state index in [0.29, 0.717) is 6.42 Å². The second-order valence-electron chi connectivity index (χ2n) is 5.24. The normalized spacial score (nSPS) is 11.4. The molecule has 0 bridgehead atoms. The summed E-state index contributed by atoms with van der Waals surface area (Å²) in [5.74, 6) is 0.914. The van der Waals surface area contributed by atoms with E-state index in [1.54, 1.807) is 0 Å². The van der Waals surface area contributed by atoms with E-state index >= 15 is 0 Å². The van der Waals surface area contributed by atoms with Crippen LogP contribution in [0.4, 0.5) is 0 Å². The summed E-state index contributed by atoms with van der Waals surface area (Å²) in [6.45, 7) is 7.03. The van der Waals surface area contributed by atoms with Gasteiger partial charge in [-0.1, -0.05) is 19.1 Å². The monoisotopic (exact) mass is 274 g/mol. The molecular formula is C16H22N2O2. The maximum Gasteiger partial charge on any atom is 0.165 e. The fraction of sp³-hybridized carbons (Fsp3) is 0.500. The molecule has 2 aromatic rings. The van der Waals surface area contributed by atoms with Gasteiger partial charge in [0, 0.05) is 6.54 Å². The lowest BCUT2D eigenvalue weighted by Crippen LogP contribution is -2.17. The highest BCUT2D eigenvalue weighted by Crippen LogP contribution is 2.17. The van der Waals surface area contributed by atoms with Gasteiger partial charge in [-0.2, -0.15) is 0 Å². The first-order chi connectivity index (χ1) is 9.61. The molecule has 4 nitrogen and oxygen atoms in total. The Labute approximate surface area is 119 Å². The molecule has 0 atom stereocenters. The maximum absolute atomic E-state index is 12.0. The third kappa shape index (κ3) is 3.45. The Hall–Kier alpha value is -1.68. The first-order valence-corrected chi connectivity index (χ1v) is 7.19. The highest BCUT2D eigenvalue weighted by molar-refractivity contribution is 5.83. The van der Waals surface area contributed by atoms with Crippen LogP contribution >= 0.6 is 0 Å². The lowest BCUT2D eigenvalue weighted by atomic mass is 10.2. The Morgan fingerprint density at radius 3 is 2.80 bits per heavy atom. The van der Waals surface area contributed by atoms with Crippen LogP contribution in [0.1, 0.15) is 33.0 Å². The van der Waals surface area contributed by atoms with Gasteiger partial charge in [0.05, 0.1) is 23.6 Å². The number of nitrogens with zero attached hydrogens (tertiary/aromatic N) is 2. The SMILES string of the molecule is CCCn1c(CC(=O)COC(C)C)nc2ccccc21. The summed E-state index contributed by atoms with van der Waals surface area (Å²) in [7, 11) is 0. The van der Waals surface area contributed by atoms with Crippen molar-refractivity contribution in [3.63, 3.8) is 0 Å². The van der Waals surface area contributed by atoms with E-state index in [4.69, 9.17) is 4.74 Å². The van der Waals surface area contributed by atoms with Crippen molar-refractivity contribution >= 4 is 16.8 Å². The number of benzene rings is 1. The van der Waals surface area contributed by atoms with Gasteiger partial charge in [0.15, 0.2) is 5.78 Å². The average molecular weight is 274 g/mol. The quantitative estimate of drug-likeness (QED) is 0.779. The summed E-state index contributed by atoms with van der Waals surface area (Å²) in [5, 5.41) is 0. The van der Waals surface area contributed by atoms with E-state index in [2.05, 4.69) is 22.5 Å². The third-order valence-corrected chi connectivity index (χ3v) is 3.11. The second kappa shape index (κ2) is 6.66. The minimum atomic E-state index is 0.0753. The number of para-hydroxylation sites is 2. The molecule has 20 heavy (non-hydrogen) atoms. The van der Waals surface area contributed by atoms with E-state index in [-0.39, 0.29) is 18.5 Å². The number of ketones is 1. The predicted octanol–water partition coefficient (Wildman–Crippen LogP) is 2.98. The zero-order chi connectivity index (χ0) is 14.5. The first-order valence-electron chi connectivity index (χ1n) is 7.19. The van der Waals surface area contributed by atoms with Gasteiger partial charge in [-0.15, -0.1) is 0 Å². The number of aryl methyl sites for hydroxylation is 1. The number of Topliss-reactive ketones (excluding diaryl/α,β-unsaturated/α-hetero) is 1. The van der Waals surface area contributed by atoms with Crippen molar-refractivity contribution in [3.05, 3.63) is 30.1 Å². The Bertz CT molecular complexity index is 587. The van der Waals surface area contributed by atoms with Gasteiger partial charge in [0.2, 0.25) is 0 Å². The molecule has 0 aliphatic rings. The van der Waals surface area contributed by atoms with Crippen LogP contribution in [0, 0.1) is 0 Å². The number of aromatic nitrogens is 2. The second-order valence-corrected chi connectivity index (χ2v) is 5.24. The third-order valence-electron chi connectivity index (χ3n) is 3.11. The first kappa shape index (κ1) is 14.7. The molecule has 0 spiro atoms. The zero-order valence-corrected chi connectivity index (χ0v) is 12.4. The van der Waals surface area contributed by atoms with Gasteiger partial charge in [0.25, 0.3) is 0 Å². The minimum Gasteiger partial charge on any atom is -0.371 e. The number of carbonyl (C=O) groups is 1. The van der Waals surface area contributed by atoms with Crippen LogP contribution in [-0.4, -0.2) is 28.0 Å². The Kier molecular flexibility index (Phi) is 4.90. The molecule has 1 aromatic heterocycles. The molecule has 0 N–H and O–H groups in total. The molecule has 1 aromatic carbocycles. The van der Waals surface area contributed by atoms with E-state index in [1.807, 2.05) is 32.0 Å². The molecule has 0 amide bonds. The lowest BCUT2D eigenvalue weighted by Gasteiger charge is -2.09. The highest BCUT2D eigenvalue weighted by Gasteiger charge is 2.13. The summed E-state index contributed by atoms with van der Waals surface area (Å²) < 4.78 is 7.50.